The van der Waals surface area contributed by atoms with Gasteiger partial charge in [-0.25, -0.2) is 4.79 Å². The molecule has 0 aliphatic carbocycles. The van der Waals surface area contributed by atoms with Crippen LogP contribution in [0.3, 0.4) is 0 Å². The number of carboxylic acid groups (broad SMARTS) is 1. The van der Waals surface area contributed by atoms with Crippen LogP contribution in [0.1, 0.15) is 27.9 Å². The molecule has 0 saturated heterocycles. The lowest BCUT2D eigenvalue weighted by molar-refractivity contribution is 0.0690. The van der Waals surface area contributed by atoms with Crippen molar-refractivity contribution in [2.24, 2.45) is 0 Å². The molecule has 1 aromatic carbocycles. The third-order valence-electron chi connectivity index (χ3n) is 2.97. The molecule has 0 saturated carbocycles. The van der Waals surface area contributed by atoms with Crippen molar-refractivity contribution >= 4 is 11.9 Å². The van der Waals surface area contributed by atoms with Gasteiger partial charge in [-0.05, 0) is 19.1 Å². The van der Waals surface area contributed by atoms with Gasteiger partial charge in [0, 0.05) is 12.1 Å². The first-order valence-corrected chi connectivity index (χ1v) is 6.87. The normalized spacial score (nSPS) is 11.6. The SMILES string of the molecule is COc1cccc(OC(C)CNC(=O)c2cc(C(=O)O)[nH]n2)c1. The topological polar surface area (TPSA) is 114 Å². The van der Waals surface area contributed by atoms with Crippen LogP contribution in [0.4, 0.5) is 0 Å². The Kier molecular flexibility index (Phi) is 5.19. The Labute approximate surface area is 132 Å². The number of carbonyl (C=O) groups is 2. The lowest BCUT2D eigenvalue weighted by Crippen LogP contribution is -2.33. The molecule has 122 valence electrons. The minimum Gasteiger partial charge on any atom is -0.497 e. The van der Waals surface area contributed by atoms with Gasteiger partial charge in [0.15, 0.2) is 5.69 Å². The highest BCUT2D eigenvalue weighted by Crippen LogP contribution is 2.19. The Hall–Kier alpha value is -3.03. The van der Waals surface area contributed by atoms with E-state index in [-0.39, 0.29) is 24.0 Å². The van der Waals surface area contributed by atoms with E-state index in [0.29, 0.717) is 11.5 Å². The highest BCUT2D eigenvalue weighted by molar-refractivity contribution is 5.95. The summed E-state index contributed by atoms with van der Waals surface area (Å²) in [6.07, 6.45) is -0.288. The summed E-state index contributed by atoms with van der Waals surface area (Å²) in [6.45, 7) is 2.04. The molecule has 1 heterocycles. The Balaban J connectivity index is 1.86. The van der Waals surface area contributed by atoms with E-state index in [1.54, 1.807) is 38.3 Å². The van der Waals surface area contributed by atoms with Crippen molar-refractivity contribution < 1.29 is 24.2 Å². The van der Waals surface area contributed by atoms with E-state index in [0.717, 1.165) is 0 Å². The Morgan fingerprint density at radius 1 is 1.35 bits per heavy atom. The number of carbonyl (C=O) groups excluding carboxylic acids is 1. The summed E-state index contributed by atoms with van der Waals surface area (Å²) >= 11 is 0. The Bertz CT molecular complexity index is 698. The zero-order valence-electron chi connectivity index (χ0n) is 12.7. The molecule has 2 rings (SSSR count). The van der Waals surface area contributed by atoms with Gasteiger partial charge in [-0.3, -0.25) is 9.89 Å². The quantitative estimate of drug-likeness (QED) is 0.709. The maximum atomic E-state index is 11.9. The highest BCUT2D eigenvalue weighted by Gasteiger charge is 2.15. The van der Waals surface area contributed by atoms with E-state index >= 15 is 0 Å². The molecular formula is C15H17N3O5. The van der Waals surface area contributed by atoms with Gasteiger partial charge in [0.2, 0.25) is 0 Å². The van der Waals surface area contributed by atoms with Crippen molar-refractivity contribution in [2.75, 3.05) is 13.7 Å². The fourth-order valence-electron chi connectivity index (χ4n) is 1.82. The number of carboxylic acids is 1. The minimum atomic E-state index is -1.17. The van der Waals surface area contributed by atoms with Gasteiger partial charge in [0.05, 0.1) is 13.7 Å². The number of aromatic carboxylic acids is 1. The van der Waals surface area contributed by atoms with Crippen molar-refractivity contribution in [1.82, 2.24) is 15.5 Å². The second-order valence-corrected chi connectivity index (χ2v) is 4.79. The molecule has 3 N–H and O–H groups in total. The number of benzene rings is 1. The smallest absolute Gasteiger partial charge is 0.353 e. The Morgan fingerprint density at radius 3 is 2.74 bits per heavy atom. The third kappa shape index (κ3) is 4.47. The minimum absolute atomic E-state index is 0.0102. The van der Waals surface area contributed by atoms with Gasteiger partial charge in [-0.15, -0.1) is 0 Å². The predicted octanol–water partition coefficient (Wildman–Crippen LogP) is 1.31. The molecule has 23 heavy (non-hydrogen) atoms. The summed E-state index contributed by atoms with van der Waals surface area (Å²) in [7, 11) is 1.57. The molecule has 8 nitrogen and oxygen atoms in total. The van der Waals surface area contributed by atoms with Crippen LogP contribution in [0.25, 0.3) is 0 Å². The lowest BCUT2D eigenvalue weighted by Gasteiger charge is -2.15. The number of hydrogen-bond donors (Lipinski definition) is 3. The van der Waals surface area contributed by atoms with Crippen molar-refractivity contribution in [1.29, 1.82) is 0 Å². The molecule has 1 aromatic heterocycles. The maximum Gasteiger partial charge on any atom is 0.353 e. The van der Waals surface area contributed by atoms with Gasteiger partial charge in [-0.2, -0.15) is 5.10 Å². The van der Waals surface area contributed by atoms with Crippen LogP contribution in [-0.4, -0.2) is 46.9 Å². The number of amides is 1. The molecule has 0 spiro atoms. The van der Waals surface area contributed by atoms with Crippen molar-refractivity contribution in [2.45, 2.75) is 13.0 Å². The summed E-state index contributed by atoms with van der Waals surface area (Å²) in [6, 6.07) is 8.30. The molecule has 1 amide bonds. The van der Waals surface area contributed by atoms with Crippen LogP contribution < -0.4 is 14.8 Å². The largest absolute Gasteiger partial charge is 0.497 e. The predicted molar refractivity (Wildman–Crippen MR) is 81.0 cm³/mol. The molecule has 0 aliphatic heterocycles. The van der Waals surface area contributed by atoms with Gasteiger partial charge in [0.1, 0.15) is 23.3 Å². The van der Waals surface area contributed by atoms with Crippen LogP contribution in [0.15, 0.2) is 30.3 Å². The van der Waals surface area contributed by atoms with Gasteiger partial charge < -0.3 is 19.9 Å². The molecular weight excluding hydrogens is 302 g/mol. The molecule has 1 unspecified atom stereocenters. The summed E-state index contributed by atoms with van der Waals surface area (Å²) in [5.74, 6) is -0.350. The standard InChI is InChI=1S/C15H17N3O5/c1-9(23-11-5-3-4-10(6-11)22-2)8-16-14(19)12-7-13(15(20)21)18-17-12/h3-7,9H,8H2,1-2H3,(H,16,19)(H,17,18)(H,20,21). The molecule has 0 fully saturated rings. The highest BCUT2D eigenvalue weighted by atomic mass is 16.5. The monoisotopic (exact) mass is 319 g/mol. The number of nitrogens with one attached hydrogen (secondary N) is 2. The average Bonchev–Trinajstić information content (AvgIpc) is 3.03. The fourth-order valence-corrected chi connectivity index (χ4v) is 1.82. The fraction of sp³-hybridized carbons (Fsp3) is 0.267. The van der Waals surface area contributed by atoms with Gasteiger partial charge in [-0.1, -0.05) is 6.07 Å². The summed E-state index contributed by atoms with van der Waals surface area (Å²) in [5.41, 5.74) is -0.133. The summed E-state index contributed by atoms with van der Waals surface area (Å²) in [5, 5.41) is 17.3. The number of aromatic nitrogens is 2. The van der Waals surface area contributed by atoms with Crippen LogP contribution in [0.5, 0.6) is 11.5 Å². The number of nitrogens with zero attached hydrogens (tertiary/aromatic N) is 1. The molecule has 2 aromatic rings. The van der Waals surface area contributed by atoms with Crippen LogP contribution in [0.2, 0.25) is 0 Å². The van der Waals surface area contributed by atoms with Crippen LogP contribution >= 0.6 is 0 Å². The number of rotatable bonds is 7. The second-order valence-electron chi connectivity index (χ2n) is 4.79. The lowest BCUT2D eigenvalue weighted by atomic mass is 10.3. The van der Waals surface area contributed by atoms with Crippen molar-refractivity contribution in [3.8, 4) is 11.5 Å². The zero-order valence-corrected chi connectivity index (χ0v) is 12.7. The summed E-state index contributed by atoms with van der Waals surface area (Å²) < 4.78 is 10.8. The van der Waals surface area contributed by atoms with Gasteiger partial charge in [0.25, 0.3) is 5.91 Å². The molecule has 0 aliphatic rings. The second kappa shape index (κ2) is 7.30. The first-order chi connectivity index (χ1) is 11.0. The number of aromatic amines is 1. The first-order valence-electron chi connectivity index (χ1n) is 6.87. The van der Waals surface area contributed by atoms with E-state index in [4.69, 9.17) is 14.6 Å². The van der Waals surface area contributed by atoms with Crippen LogP contribution in [-0.2, 0) is 0 Å². The van der Waals surface area contributed by atoms with Crippen molar-refractivity contribution in [3.63, 3.8) is 0 Å². The number of H-pyrrole nitrogens is 1. The van der Waals surface area contributed by atoms with Crippen molar-refractivity contribution in [3.05, 3.63) is 41.7 Å². The number of hydrogen-bond acceptors (Lipinski definition) is 5. The van der Waals surface area contributed by atoms with E-state index < -0.39 is 11.9 Å². The van der Waals surface area contributed by atoms with Crippen LogP contribution in [0, 0.1) is 0 Å². The third-order valence-corrected chi connectivity index (χ3v) is 2.97. The maximum absolute atomic E-state index is 11.9. The first kappa shape index (κ1) is 16.3. The van der Waals surface area contributed by atoms with E-state index in [2.05, 4.69) is 15.5 Å². The number of ether oxygens (including phenoxy) is 2. The van der Waals surface area contributed by atoms with E-state index in [1.165, 1.54) is 6.07 Å². The molecule has 1 atom stereocenters. The molecule has 0 radical (unpaired) electrons. The summed E-state index contributed by atoms with van der Waals surface area (Å²) in [4.78, 5) is 22.6. The average molecular weight is 319 g/mol. The van der Waals surface area contributed by atoms with E-state index in [9.17, 15) is 9.59 Å². The number of methoxy groups -OCH3 is 1. The molecule has 8 heteroatoms. The Morgan fingerprint density at radius 2 is 2.09 bits per heavy atom. The zero-order chi connectivity index (χ0) is 16.8. The molecule has 0 bridgehead atoms. The van der Waals surface area contributed by atoms with Gasteiger partial charge >= 0.3 is 5.97 Å². The van der Waals surface area contributed by atoms with E-state index in [1.807, 2.05) is 0 Å².